The molecule has 0 aromatic heterocycles. The van der Waals surface area contributed by atoms with Crippen LogP contribution < -0.4 is 10.6 Å². The molecule has 2 rings (SSSR count). The van der Waals surface area contributed by atoms with E-state index < -0.39 is 0 Å². The highest BCUT2D eigenvalue weighted by atomic mass is 16.2. The average Bonchev–Trinajstić information content (AvgIpc) is 2.59. The molecule has 0 spiro atoms. The van der Waals surface area contributed by atoms with Gasteiger partial charge in [-0.15, -0.1) is 0 Å². The van der Waals surface area contributed by atoms with Crippen LogP contribution in [0.4, 0.5) is 5.69 Å². The first kappa shape index (κ1) is 19.7. The summed E-state index contributed by atoms with van der Waals surface area (Å²) in [5.74, 6) is -0.182. The van der Waals surface area contributed by atoms with Crippen molar-refractivity contribution in [2.45, 2.75) is 46.0 Å². The van der Waals surface area contributed by atoms with Crippen LogP contribution in [0.1, 0.15) is 62.0 Å². The summed E-state index contributed by atoms with van der Waals surface area (Å²) in [6.45, 7) is 10.5. The zero-order valence-electron chi connectivity index (χ0n) is 16.2. The first-order valence-electron chi connectivity index (χ1n) is 8.96. The van der Waals surface area contributed by atoms with E-state index in [9.17, 15) is 9.59 Å². The number of para-hydroxylation sites is 1. The summed E-state index contributed by atoms with van der Waals surface area (Å²) >= 11 is 0. The van der Waals surface area contributed by atoms with E-state index in [-0.39, 0.29) is 23.8 Å². The predicted molar refractivity (Wildman–Crippen MR) is 107 cm³/mol. The third-order valence-corrected chi connectivity index (χ3v) is 4.28. The summed E-state index contributed by atoms with van der Waals surface area (Å²) in [7, 11) is 0. The Bertz CT molecular complexity index is 771. The average molecular weight is 352 g/mol. The van der Waals surface area contributed by atoms with Crippen molar-refractivity contribution in [1.82, 2.24) is 5.32 Å². The zero-order valence-corrected chi connectivity index (χ0v) is 16.2. The third-order valence-electron chi connectivity index (χ3n) is 4.28. The van der Waals surface area contributed by atoms with Crippen LogP contribution in [0.5, 0.6) is 0 Å². The van der Waals surface area contributed by atoms with Crippen molar-refractivity contribution in [1.29, 1.82) is 0 Å². The van der Waals surface area contributed by atoms with Crippen LogP contribution in [0.25, 0.3) is 0 Å². The SMILES string of the molecule is CC(C)c1ccccc1NC(=O)CNC(=O)c1ccc(C(C)(C)C)cc1. The molecule has 0 saturated heterocycles. The van der Waals surface area contributed by atoms with Crippen molar-refractivity contribution in [3.63, 3.8) is 0 Å². The molecule has 0 aliphatic rings. The van der Waals surface area contributed by atoms with Gasteiger partial charge in [-0.2, -0.15) is 0 Å². The second kappa shape index (κ2) is 8.17. The second-order valence-electron chi connectivity index (χ2n) is 7.80. The minimum absolute atomic E-state index is 0.0404. The van der Waals surface area contributed by atoms with Crippen LogP contribution in [0.2, 0.25) is 0 Å². The predicted octanol–water partition coefficient (Wildman–Crippen LogP) is 4.48. The van der Waals surface area contributed by atoms with Gasteiger partial charge in [0.2, 0.25) is 5.91 Å². The number of anilines is 1. The normalized spacial score (nSPS) is 11.3. The fourth-order valence-electron chi connectivity index (χ4n) is 2.69. The molecule has 138 valence electrons. The van der Waals surface area contributed by atoms with Gasteiger partial charge in [-0.25, -0.2) is 0 Å². The van der Waals surface area contributed by atoms with Crippen LogP contribution in [0.15, 0.2) is 48.5 Å². The molecule has 0 heterocycles. The maximum atomic E-state index is 12.2. The number of carbonyl (C=O) groups excluding carboxylic acids is 2. The van der Waals surface area contributed by atoms with Crippen LogP contribution in [0, 0.1) is 0 Å². The zero-order chi connectivity index (χ0) is 19.3. The van der Waals surface area contributed by atoms with Crippen LogP contribution in [-0.4, -0.2) is 18.4 Å². The van der Waals surface area contributed by atoms with Crippen molar-refractivity contribution >= 4 is 17.5 Å². The lowest BCUT2D eigenvalue weighted by Gasteiger charge is -2.19. The number of nitrogens with one attached hydrogen (secondary N) is 2. The molecule has 2 N–H and O–H groups in total. The molecule has 0 saturated carbocycles. The Morgan fingerprint density at radius 1 is 0.962 bits per heavy atom. The number of hydrogen-bond acceptors (Lipinski definition) is 2. The van der Waals surface area contributed by atoms with Gasteiger partial charge in [-0.3, -0.25) is 9.59 Å². The van der Waals surface area contributed by atoms with Crippen molar-refractivity contribution < 1.29 is 9.59 Å². The number of rotatable bonds is 5. The molecule has 2 amide bonds. The Hall–Kier alpha value is -2.62. The molecular formula is C22H28N2O2. The number of carbonyl (C=O) groups is 2. The molecular weight excluding hydrogens is 324 g/mol. The van der Waals surface area contributed by atoms with E-state index >= 15 is 0 Å². The van der Waals surface area contributed by atoms with E-state index in [4.69, 9.17) is 0 Å². The van der Waals surface area contributed by atoms with Gasteiger partial charge in [-0.1, -0.05) is 65.0 Å². The minimum atomic E-state index is -0.252. The van der Waals surface area contributed by atoms with Gasteiger partial charge in [0.05, 0.1) is 6.54 Å². The maximum absolute atomic E-state index is 12.2. The summed E-state index contributed by atoms with van der Waals surface area (Å²) in [5.41, 5.74) is 3.62. The Labute approximate surface area is 156 Å². The number of benzene rings is 2. The van der Waals surface area contributed by atoms with E-state index in [1.165, 1.54) is 0 Å². The van der Waals surface area contributed by atoms with Crippen molar-refractivity contribution in [3.8, 4) is 0 Å². The molecule has 0 fully saturated rings. The van der Waals surface area contributed by atoms with Gasteiger partial charge >= 0.3 is 0 Å². The van der Waals surface area contributed by atoms with Crippen LogP contribution in [-0.2, 0) is 10.2 Å². The van der Waals surface area contributed by atoms with Crippen LogP contribution >= 0.6 is 0 Å². The van der Waals surface area contributed by atoms with Crippen LogP contribution in [0.3, 0.4) is 0 Å². The van der Waals surface area contributed by atoms with Gasteiger partial charge in [0.25, 0.3) is 5.91 Å². The number of hydrogen-bond donors (Lipinski definition) is 2. The molecule has 0 aliphatic heterocycles. The quantitative estimate of drug-likeness (QED) is 0.834. The molecule has 4 nitrogen and oxygen atoms in total. The summed E-state index contributed by atoms with van der Waals surface area (Å²) in [6, 6.07) is 15.2. The van der Waals surface area contributed by atoms with Crippen molar-refractivity contribution in [2.24, 2.45) is 0 Å². The Morgan fingerprint density at radius 3 is 2.15 bits per heavy atom. The van der Waals surface area contributed by atoms with Crippen molar-refractivity contribution in [3.05, 3.63) is 65.2 Å². The van der Waals surface area contributed by atoms with E-state index in [0.717, 1.165) is 16.8 Å². The van der Waals surface area contributed by atoms with E-state index in [1.54, 1.807) is 12.1 Å². The molecule has 0 aliphatic carbocycles. The highest BCUT2D eigenvalue weighted by molar-refractivity contribution is 5.99. The second-order valence-corrected chi connectivity index (χ2v) is 7.80. The first-order chi connectivity index (χ1) is 12.2. The minimum Gasteiger partial charge on any atom is -0.343 e. The first-order valence-corrected chi connectivity index (χ1v) is 8.96. The summed E-state index contributed by atoms with van der Waals surface area (Å²) in [5, 5.41) is 5.55. The summed E-state index contributed by atoms with van der Waals surface area (Å²) in [6.07, 6.45) is 0. The van der Waals surface area contributed by atoms with E-state index in [2.05, 4.69) is 45.3 Å². The third kappa shape index (κ3) is 5.19. The lowest BCUT2D eigenvalue weighted by Crippen LogP contribution is -2.33. The highest BCUT2D eigenvalue weighted by Gasteiger charge is 2.15. The van der Waals surface area contributed by atoms with Gasteiger partial charge < -0.3 is 10.6 Å². The van der Waals surface area contributed by atoms with Gasteiger partial charge in [-0.05, 0) is 40.7 Å². The molecule has 0 atom stereocenters. The highest BCUT2D eigenvalue weighted by Crippen LogP contribution is 2.24. The smallest absolute Gasteiger partial charge is 0.251 e. The molecule has 2 aromatic carbocycles. The van der Waals surface area contributed by atoms with Crippen molar-refractivity contribution in [2.75, 3.05) is 11.9 Å². The Kier molecular flexibility index (Phi) is 6.19. The summed E-state index contributed by atoms with van der Waals surface area (Å²) in [4.78, 5) is 24.4. The van der Waals surface area contributed by atoms with Gasteiger partial charge in [0, 0.05) is 11.3 Å². The van der Waals surface area contributed by atoms with Gasteiger partial charge in [0.15, 0.2) is 0 Å². The standard InChI is InChI=1S/C22H28N2O2/c1-15(2)18-8-6-7-9-19(18)24-20(25)14-23-21(26)16-10-12-17(13-11-16)22(3,4)5/h6-13,15H,14H2,1-5H3,(H,23,26)(H,24,25). The molecule has 0 radical (unpaired) electrons. The molecule has 0 unspecified atom stereocenters. The monoisotopic (exact) mass is 352 g/mol. The maximum Gasteiger partial charge on any atom is 0.251 e. The lowest BCUT2D eigenvalue weighted by molar-refractivity contribution is -0.115. The fourth-order valence-corrected chi connectivity index (χ4v) is 2.69. The Balaban J connectivity index is 1.94. The van der Waals surface area contributed by atoms with E-state index in [1.807, 2.05) is 36.4 Å². The summed E-state index contributed by atoms with van der Waals surface area (Å²) < 4.78 is 0. The lowest BCUT2D eigenvalue weighted by atomic mass is 9.87. The van der Waals surface area contributed by atoms with E-state index in [0.29, 0.717) is 11.5 Å². The molecule has 0 bridgehead atoms. The molecule has 26 heavy (non-hydrogen) atoms. The topological polar surface area (TPSA) is 58.2 Å². The fraction of sp³-hybridized carbons (Fsp3) is 0.364. The molecule has 4 heteroatoms. The number of amides is 2. The largest absolute Gasteiger partial charge is 0.343 e. The molecule has 2 aromatic rings. The Morgan fingerprint density at radius 2 is 1.58 bits per heavy atom. The van der Waals surface area contributed by atoms with Gasteiger partial charge in [0.1, 0.15) is 0 Å².